The number of rotatable bonds is 34. The predicted molar refractivity (Wildman–Crippen MR) is 294 cm³/mol. The van der Waals surface area contributed by atoms with Gasteiger partial charge in [0.15, 0.2) is 0 Å². The molecule has 0 unspecified atom stereocenters. The number of allylic oxidation sites excluding steroid dienone is 2. The molecule has 1 aliphatic rings. The quantitative estimate of drug-likeness (QED) is 0.0266. The monoisotopic (exact) mass is 981 g/mol. The minimum absolute atomic E-state index is 0.777. The van der Waals surface area contributed by atoms with Gasteiger partial charge in [-0.2, -0.15) is 0 Å². The van der Waals surface area contributed by atoms with E-state index in [4.69, 9.17) is 7.76 Å². The molecule has 0 aliphatic carbocycles. The standard InChI is InChI=1S/C52H84N2.2C6H6O.Ni/c1-9-17-21-24-27-30-34-47-41(13-5)37-45(38-42(47)14-6)51-49(33-20-12-4)50(36-32-29-26-23-19-11-3)52(54(51)53)46-39-43(15-7)48(44(16-8)40-46)35-31-28-25-22-18-10-2;2*7-6-4-2-1-3-5-6;/h37-40H,9-36H2,1-8H3;2*1-5,7H;/q;;;+2/p-2. The van der Waals surface area contributed by atoms with E-state index < -0.39 is 0 Å². The number of unbranched alkanes of at least 4 members (excludes halogenated alkanes) is 16. The molecule has 0 N–H and O–H groups in total. The van der Waals surface area contributed by atoms with Gasteiger partial charge >= 0.3 is 95.0 Å². The van der Waals surface area contributed by atoms with E-state index in [1.807, 2.05) is 60.7 Å². The molecule has 1 aliphatic heterocycles. The summed E-state index contributed by atoms with van der Waals surface area (Å²) in [5.41, 5.74) is 29.2. The number of hydrogen-bond acceptors (Lipinski definition) is 2. The molecule has 0 saturated carbocycles. The number of benzene rings is 4. The molecule has 4 aromatic rings. The number of nitrogens with zero attached hydrogens (tertiary/aromatic N) is 2. The Morgan fingerprint density at radius 1 is 0.377 bits per heavy atom. The van der Waals surface area contributed by atoms with Crippen molar-refractivity contribution >= 4 is 11.4 Å². The molecule has 0 aromatic heterocycles. The summed E-state index contributed by atoms with van der Waals surface area (Å²) in [5, 5.41) is 0. The molecule has 4 nitrogen and oxygen atoms in total. The van der Waals surface area contributed by atoms with Crippen molar-refractivity contribution in [3.63, 3.8) is 0 Å². The van der Waals surface area contributed by atoms with Crippen molar-refractivity contribution in [1.29, 1.82) is 0 Å². The van der Waals surface area contributed by atoms with Crippen LogP contribution in [0.25, 0.3) is 16.9 Å². The van der Waals surface area contributed by atoms with Crippen molar-refractivity contribution in [3.8, 4) is 11.5 Å². The van der Waals surface area contributed by atoms with Gasteiger partial charge in [-0.05, 0) is 135 Å². The Hall–Kier alpha value is -3.95. The molecule has 0 bridgehead atoms. The van der Waals surface area contributed by atoms with Crippen LogP contribution in [-0.2, 0) is 53.6 Å². The van der Waals surface area contributed by atoms with Gasteiger partial charge in [0.2, 0.25) is 11.4 Å². The van der Waals surface area contributed by atoms with Crippen LogP contribution in [0.15, 0.2) is 96.1 Å². The van der Waals surface area contributed by atoms with Gasteiger partial charge in [0.25, 0.3) is 0 Å². The predicted octanol–water partition coefficient (Wildman–Crippen LogP) is 19.9. The van der Waals surface area contributed by atoms with E-state index in [9.17, 15) is 5.53 Å². The zero-order chi connectivity index (χ0) is 49.5. The molecule has 0 fully saturated rings. The van der Waals surface area contributed by atoms with Crippen molar-refractivity contribution in [2.75, 3.05) is 0 Å². The molecule has 0 atom stereocenters. The molecule has 0 radical (unpaired) electrons. The maximum absolute atomic E-state index is 12.7. The molecule has 5 heteroatoms. The molecule has 69 heavy (non-hydrogen) atoms. The zero-order valence-electron chi connectivity index (χ0n) is 44.9. The van der Waals surface area contributed by atoms with Crippen LogP contribution in [0.2, 0.25) is 0 Å². The van der Waals surface area contributed by atoms with Gasteiger partial charge in [0, 0.05) is 22.3 Å². The second kappa shape index (κ2) is 34.4. The Bertz CT molecular complexity index is 2030. The van der Waals surface area contributed by atoms with E-state index in [0.29, 0.717) is 0 Å². The maximum atomic E-state index is 12.7. The van der Waals surface area contributed by atoms with Crippen LogP contribution in [0.3, 0.4) is 0 Å². The first-order valence-electron chi connectivity index (χ1n) is 28.2. The van der Waals surface area contributed by atoms with E-state index in [1.165, 1.54) is 173 Å². The Morgan fingerprint density at radius 3 is 1.01 bits per heavy atom. The second-order valence-corrected chi connectivity index (χ2v) is 20.0. The Kier molecular flexibility index (Phi) is 28.7. The average Bonchev–Trinajstić information content (AvgIpc) is 3.66. The van der Waals surface area contributed by atoms with Crippen LogP contribution < -0.4 is 7.76 Å². The summed E-state index contributed by atoms with van der Waals surface area (Å²) >= 11 is 0.777. The first-order valence-corrected chi connectivity index (χ1v) is 29.0. The van der Waals surface area contributed by atoms with Crippen molar-refractivity contribution in [2.24, 2.45) is 0 Å². The third-order valence-corrected chi connectivity index (χ3v) is 14.7. The normalized spacial score (nSPS) is 12.6. The summed E-state index contributed by atoms with van der Waals surface area (Å²) in [6.45, 7) is 18.6. The number of hydrogen-bond donors (Lipinski definition) is 0. The fourth-order valence-corrected chi connectivity index (χ4v) is 10.7. The van der Waals surface area contributed by atoms with Crippen molar-refractivity contribution in [2.45, 2.75) is 235 Å². The van der Waals surface area contributed by atoms with E-state index in [2.05, 4.69) is 79.7 Å². The van der Waals surface area contributed by atoms with E-state index in [0.717, 1.165) is 89.3 Å². The van der Waals surface area contributed by atoms with Crippen molar-refractivity contribution in [1.82, 2.24) is 0 Å². The number of aryl methyl sites for hydroxylation is 4. The van der Waals surface area contributed by atoms with Gasteiger partial charge in [-0.15, -0.1) is 0 Å². The van der Waals surface area contributed by atoms with Gasteiger partial charge in [-0.1, -0.05) is 158 Å². The van der Waals surface area contributed by atoms with E-state index in [-0.39, 0.29) is 0 Å². The van der Waals surface area contributed by atoms with Crippen molar-refractivity contribution in [3.05, 3.63) is 146 Å². The first-order chi connectivity index (χ1) is 33.9. The fraction of sp³-hybridized carbons (Fsp3) is 0.562. The second-order valence-electron chi connectivity index (χ2n) is 19.4. The number of para-hydroxylation sites is 2. The molecule has 382 valence electrons. The summed E-state index contributed by atoms with van der Waals surface area (Å²) in [4.78, 5) is 0. The summed E-state index contributed by atoms with van der Waals surface area (Å²) < 4.78 is 12.3. The third kappa shape index (κ3) is 19.0. The molecule has 5 rings (SSSR count). The van der Waals surface area contributed by atoms with Crippen LogP contribution in [0, 0.1) is 0 Å². The van der Waals surface area contributed by atoms with E-state index >= 15 is 0 Å². The SMILES string of the molecule is CCCCCCCCC1=C(c2cc(CC)c(CCCCCCCC)c(CC)c2)[N+](=[N-])C(c2cc(CC)c(CCCCCCCC)c(CC)c2)=C1CCCC.c1ccc([O][Ni][O]c2ccccc2)cc1. The van der Waals surface area contributed by atoms with Gasteiger partial charge in [0.05, 0.1) is 0 Å². The van der Waals surface area contributed by atoms with Gasteiger partial charge in [-0.25, -0.2) is 4.70 Å². The third-order valence-electron chi connectivity index (χ3n) is 14.1. The Balaban J connectivity index is 0.000000580. The summed E-state index contributed by atoms with van der Waals surface area (Å²) in [6, 6.07) is 29.0. The van der Waals surface area contributed by atoms with Crippen LogP contribution in [-0.4, -0.2) is 4.70 Å². The van der Waals surface area contributed by atoms with Crippen LogP contribution >= 0.6 is 0 Å². The molecular formula is C64H94N2NiO2. The van der Waals surface area contributed by atoms with Gasteiger partial charge in [-0.3, -0.25) is 0 Å². The average molecular weight is 982 g/mol. The fourth-order valence-electron chi connectivity index (χ4n) is 10.2. The molecule has 0 saturated heterocycles. The molecule has 0 amide bonds. The van der Waals surface area contributed by atoms with Crippen LogP contribution in [0.1, 0.15) is 241 Å². The van der Waals surface area contributed by atoms with Crippen LogP contribution in [0.5, 0.6) is 11.5 Å². The van der Waals surface area contributed by atoms with Gasteiger partial charge in [0.1, 0.15) is 0 Å². The topological polar surface area (TPSA) is 43.8 Å². The summed E-state index contributed by atoms with van der Waals surface area (Å²) in [7, 11) is 0. The molecule has 0 spiro atoms. The van der Waals surface area contributed by atoms with Crippen LogP contribution in [0.4, 0.5) is 0 Å². The summed E-state index contributed by atoms with van der Waals surface area (Å²) in [5.74, 6) is 1.57. The minimum atomic E-state index is 0.777. The van der Waals surface area contributed by atoms with Crippen molar-refractivity contribution < 1.29 is 27.5 Å². The molecular weight excluding hydrogens is 887 g/mol. The van der Waals surface area contributed by atoms with Gasteiger partial charge < -0.3 is 5.53 Å². The summed E-state index contributed by atoms with van der Waals surface area (Å²) in [6.07, 6.45) is 34.6. The van der Waals surface area contributed by atoms with E-state index in [1.54, 1.807) is 15.8 Å². The Morgan fingerprint density at radius 2 is 0.681 bits per heavy atom. The zero-order valence-corrected chi connectivity index (χ0v) is 45.9. The molecule has 4 aromatic carbocycles. The molecule has 1 heterocycles. The first kappa shape index (κ1) is 57.6. The Labute approximate surface area is 429 Å².